The van der Waals surface area contributed by atoms with Crippen molar-refractivity contribution in [1.82, 2.24) is 4.98 Å². The van der Waals surface area contributed by atoms with E-state index in [0.717, 1.165) is 24.3 Å². The van der Waals surface area contributed by atoms with Gasteiger partial charge in [0.1, 0.15) is 11.6 Å². The third kappa shape index (κ3) is 4.98. The number of amides is 1. The van der Waals surface area contributed by atoms with Gasteiger partial charge in [0.15, 0.2) is 0 Å². The molecule has 1 heterocycles. The second-order valence-corrected chi connectivity index (χ2v) is 7.17. The van der Waals surface area contributed by atoms with Gasteiger partial charge in [-0.2, -0.15) is 0 Å². The van der Waals surface area contributed by atoms with Crippen LogP contribution in [-0.4, -0.2) is 17.4 Å². The molecule has 4 aromatic rings. The maximum Gasteiger partial charge on any atom is 0.256 e. The molecule has 6 heteroatoms. The Morgan fingerprint density at radius 1 is 0.781 bits per heavy atom. The zero-order valence-electron chi connectivity index (χ0n) is 17.2. The number of hydrogen-bond acceptors (Lipinski definition) is 3. The lowest BCUT2D eigenvalue weighted by Gasteiger charge is -2.12. The van der Waals surface area contributed by atoms with Crippen molar-refractivity contribution in [3.8, 4) is 11.1 Å². The molecular weight excluding hydrogens is 408 g/mol. The fourth-order valence-corrected chi connectivity index (χ4v) is 3.41. The normalized spacial score (nSPS) is 10.6. The second-order valence-electron chi connectivity index (χ2n) is 7.17. The van der Waals surface area contributed by atoms with E-state index in [1.165, 1.54) is 24.3 Å². The first-order valence-corrected chi connectivity index (χ1v) is 10.2. The van der Waals surface area contributed by atoms with Gasteiger partial charge in [-0.25, -0.2) is 8.78 Å². The first-order valence-electron chi connectivity index (χ1n) is 10.2. The Bertz CT molecular complexity index is 1190. The van der Waals surface area contributed by atoms with Crippen molar-refractivity contribution in [1.29, 1.82) is 0 Å². The van der Waals surface area contributed by atoms with Crippen LogP contribution in [0.25, 0.3) is 11.1 Å². The molecule has 0 aliphatic carbocycles. The lowest BCUT2D eigenvalue weighted by Crippen LogP contribution is -2.13. The van der Waals surface area contributed by atoms with E-state index in [4.69, 9.17) is 0 Å². The zero-order chi connectivity index (χ0) is 22.3. The molecule has 0 saturated heterocycles. The van der Waals surface area contributed by atoms with E-state index < -0.39 is 17.5 Å². The van der Waals surface area contributed by atoms with Crippen molar-refractivity contribution in [3.63, 3.8) is 0 Å². The number of anilines is 2. The van der Waals surface area contributed by atoms with Crippen LogP contribution in [0.3, 0.4) is 0 Å². The Labute approximate surface area is 185 Å². The summed E-state index contributed by atoms with van der Waals surface area (Å²) in [4.78, 5) is 17.2. The Morgan fingerprint density at radius 2 is 1.47 bits per heavy atom. The molecule has 32 heavy (non-hydrogen) atoms. The van der Waals surface area contributed by atoms with Crippen molar-refractivity contribution in [2.45, 2.75) is 6.42 Å². The lowest BCUT2D eigenvalue weighted by atomic mass is 9.98. The molecule has 4 nitrogen and oxygen atoms in total. The quantitative estimate of drug-likeness (QED) is 0.383. The first-order chi connectivity index (χ1) is 15.6. The summed E-state index contributed by atoms with van der Waals surface area (Å²) in [5, 5.41) is 6.11. The van der Waals surface area contributed by atoms with Crippen molar-refractivity contribution in [2.24, 2.45) is 0 Å². The number of pyridine rings is 1. The number of benzene rings is 3. The van der Waals surface area contributed by atoms with Crippen molar-refractivity contribution >= 4 is 17.3 Å². The van der Waals surface area contributed by atoms with E-state index in [1.807, 2.05) is 30.3 Å². The SMILES string of the molecule is O=C(Nc1ccc(NCCc2ccccn2)cc1)c1ccccc1-c1c(F)cccc1F. The number of halogens is 2. The maximum absolute atomic E-state index is 14.3. The van der Waals surface area contributed by atoms with Gasteiger partial charge in [-0.3, -0.25) is 9.78 Å². The van der Waals surface area contributed by atoms with E-state index >= 15 is 0 Å². The van der Waals surface area contributed by atoms with Gasteiger partial charge in [-0.05, 0) is 54.6 Å². The van der Waals surface area contributed by atoms with Gasteiger partial charge in [0, 0.05) is 47.4 Å². The number of carbonyl (C=O) groups is 1. The van der Waals surface area contributed by atoms with Crippen LogP contribution in [0.5, 0.6) is 0 Å². The molecule has 0 radical (unpaired) electrons. The molecule has 0 atom stereocenters. The number of rotatable bonds is 7. The van der Waals surface area contributed by atoms with Crippen molar-refractivity contribution in [3.05, 3.63) is 114 Å². The van der Waals surface area contributed by atoms with E-state index in [1.54, 1.807) is 36.5 Å². The van der Waals surface area contributed by atoms with Crippen LogP contribution in [0.1, 0.15) is 16.1 Å². The van der Waals surface area contributed by atoms with Crippen LogP contribution >= 0.6 is 0 Å². The average molecular weight is 429 g/mol. The number of carbonyl (C=O) groups excluding carboxylic acids is 1. The summed E-state index contributed by atoms with van der Waals surface area (Å²) in [6.45, 7) is 0.726. The monoisotopic (exact) mass is 429 g/mol. The average Bonchev–Trinajstić information content (AvgIpc) is 2.81. The summed E-state index contributed by atoms with van der Waals surface area (Å²) >= 11 is 0. The fraction of sp³-hybridized carbons (Fsp3) is 0.0769. The van der Waals surface area contributed by atoms with Crippen molar-refractivity contribution < 1.29 is 13.6 Å². The third-order valence-electron chi connectivity index (χ3n) is 4.98. The third-order valence-corrected chi connectivity index (χ3v) is 4.98. The molecule has 0 aliphatic rings. The molecule has 0 bridgehead atoms. The topological polar surface area (TPSA) is 54.0 Å². The van der Waals surface area contributed by atoms with E-state index in [2.05, 4.69) is 15.6 Å². The molecule has 0 fully saturated rings. The summed E-state index contributed by atoms with van der Waals surface area (Å²) in [6.07, 6.45) is 2.56. The number of nitrogens with one attached hydrogen (secondary N) is 2. The van der Waals surface area contributed by atoms with Crippen LogP contribution in [0.15, 0.2) is 91.1 Å². The minimum atomic E-state index is -0.716. The number of aromatic nitrogens is 1. The first kappa shape index (κ1) is 21.2. The van der Waals surface area contributed by atoms with Gasteiger partial charge in [-0.15, -0.1) is 0 Å². The minimum absolute atomic E-state index is 0.189. The highest BCUT2D eigenvalue weighted by molar-refractivity contribution is 6.08. The fourth-order valence-electron chi connectivity index (χ4n) is 3.41. The van der Waals surface area contributed by atoms with Gasteiger partial charge in [0.2, 0.25) is 0 Å². The highest BCUT2D eigenvalue weighted by Gasteiger charge is 2.18. The van der Waals surface area contributed by atoms with Crippen LogP contribution in [0.2, 0.25) is 0 Å². The molecule has 4 rings (SSSR count). The summed E-state index contributed by atoms with van der Waals surface area (Å²) in [7, 11) is 0. The highest BCUT2D eigenvalue weighted by atomic mass is 19.1. The number of hydrogen-bond donors (Lipinski definition) is 2. The van der Waals surface area contributed by atoms with Crippen LogP contribution in [0, 0.1) is 11.6 Å². The molecule has 0 saturated carbocycles. The minimum Gasteiger partial charge on any atom is -0.385 e. The predicted molar refractivity (Wildman–Crippen MR) is 123 cm³/mol. The highest BCUT2D eigenvalue weighted by Crippen LogP contribution is 2.29. The zero-order valence-corrected chi connectivity index (χ0v) is 17.2. The molecule has 1 amide bonds. The molecule has 0 aliphatic heterocycles. The molecule has 3 aromatic carbocycles. The summed E-state index contributed by atoms with van der Waals surface area (Å²) < 4.78 is 28.6. The van der Waals surface area contributed by atoms with Crippen LogP contribution < -0.4 is 10.6 Å². The van der Waals surface area contributed by atoms with E-state index in [0.29, 0.717) is 5.69 Å². The van der Waals surface area contributed by atoms with E-state index in [9.17, 15) is 13.6 Å². The smallest absolute Gasteiger partial charge is 0.256 e. The molecule has 1 aromatic heterocycles. The molecule has 160 valence electrons. The molecule has 0 spiro atoms. The van der Waals surface area contributed by atoms with Crippen LogP contribution in [-0.2, 0) is 6.42 Å². The van der Waals surface area contributed by atoms with Gasteiger partial charge >= 0.3 is 0 Å². The maximum atomic E-state index is 14.3. The van der Waals surface area contributed by atoms with Gasteiger partial charge in [0.25, 0.3) is 5.91 Å². The largest absolute Gasteiger partial charge is 0.385 e. The lowest BCUT2D eigenvalue weighted by molar-refractivity contribution is 0.102. The molecule has 0 unspecified atom stereocenters. The van der Waals surface area contributed by atoms with Crippen molar-refractivity contribution in [2.75, 3.05) is 17.2 Å². The van der Waals surface area contributed by atoms with Gasteiger partial charge in [0.05, 0.1) is 5.56 Å². The van der Waals surface area contributed by atoms with Gasteiger partial charge in [-0.1, -0.05) is 30.3 Å². The van der Waals surface area contributed by atoms with E-state index in [-0.39, 0.29) is 16.7 Å². The summed E-state index contributed by atoms with van der Waals surface area (Å²) in [6, 6.07) is 23.1. The van der Waals surface area contributed by atoms with Gasteiger partial charge < -0.3 is 10.6 Å². The Balaban J connectivity index is 1.44. The Hall–Kier alpha value is -4.06. The summed E-state index contributed by atoms with van der Waals surface area (Å²) in [5.41, 5.74) is 2.67. The predicted octanol–water partition coefficient (Wildman–Crippen LogP) is 5.93. The Morgan fingerprint density at radius 3 is 2.19 bits per heavy atom. The van der Waals surface area contributed by atoms with Crippen LogP contribution in [0.4, 0.5) is 20.2 Å². The molecular formula is C26H21F2N3O. The summed E-state index contributed by atoms with van der Waals surface area (Å²) in [5.74, 6) is -1.88. The molecule has 2 N–H and O–H groups in total. The Kier molecular flexibility index (Phi) is 6.51. The number of nitrogens with zero attached hydrogens (tertiary/aromatic N) is 1. The standard InChI is InChI=1S/C26H21F2N3O/c27-23-9-5-10-24(28)25(23)21-7-1-2-8-22(21)26(32)31-20-13-11-19(12-14-20)30-17-15-18-6-3-4-16-29-18/h1-14,16,30H,15,17H2,(H,31,32). The second kappa shape index (κ2) is 9.83.